The predicted molar refractivity (Wildman–Crippen MR) is 67.9 cm³/mol. The van der Waals surface area contributed by atoms with Gasteiger partial charge in [-0.25, -0.2) is 0 Å². The Morgan fingerprint density at radius 3 is 3.18 bits per heavy atom. The van der Waals surface area contributed by atoms with Crippen molar-refractivity contribution < 1.29 is 0 Å². The molecular formula is C13H9N3S. The summed E-state index contributed by atoms with van der Waals surface area (Å²) in [7, 11) is 0. The zero-order chi connectivity index (χ0) is 11.7. The fourth-order valence-electron chi connectivity index (χ4n) is 1.86. The molecule has 3 aromatic rings. The molecule has 3 rings (SSSR count). The summed E-state index contributed by atoms with van der Waals surface area (Å²) >= 11 is 1.62. The summed E-state index contributed by atoms with van der Waals surface area (Å²) in [6, 6.07) is 8.17. The third-order valence-corrected chi connectivity index (χ3v) is 3.61. The molecule has 0 N–H and O–H groups in total. The summed E-state index contributed by atoms with van der Waals surface area (Å²) in [5.41, 5.74) is 1.86. The lowest BCUT2D eigenvalue weighted by atomic mass is 10.3. The molecule has 0 spiro atoms. The number of hydrogen-bond donors (Lipinski definition) is 0. The lowest BCUT2D eigenvalue weighted by molar-refractivity contribution is 0.849. The van der Waals surface area contributed by atoms with E-state index in [9.17, 15) is 0 Å². The van der Waals surface area contributed by atoms with E-state index in [1.54, 1.807) is 17.5 Å². The number of nitriles is 1. The number of pyridine rings is 1. The van der Waals surface area contributed by atoms with Gasteiger partial charge in [0.05, 0.1) is 23.8 Å². The predicted octanol–water partition coefficient (Wildman–Crippen LogP) is 3.02. The molecule has 0 aromatic carbocycles. The summed E-state index contributed by atoms with van der Waals surface area (Å²) in [5, 5.41) is 11.9. The minimum absolute atomic E-state index is 0.736. The Balaban J connectivity index is 1.97. The van der Waals surface area contributed by atoms with E-state index in [1.165, 1.54) is 10.3 Å². The molecule has 0 radical (unpaired) electrons. The van der Waals surface area contributed by atoms with Gasteiger partial charge < -0.3 is 4.57 Å². The average molecular weight is 239 g/mol. The SMILES string of the molecule is N#Cc1csc(Cn2ccc3ccncc32)c1. The highest BCUT2D eigenvalue weighted by Gasteiger charge is 2.03. The summed E-state index contributed by atoms with van der Waals surface area (Å²) in [5.74, 6) is 0. The second-order valence-electron chi connectivity index (χ2n) is 3.79. The van der Waals surface area contributed by atoms with Crippen LogP contribution in [0.1, 0.15) is 10.4 Å². The Morgan fingerprint density at radius 1 is 1.41 bits per heavy atom. The first-order chi connectivity index (χ1) is 8.36. The van der Waals surface area contributed by atoms with Crippen molar-refractivity contribution in [1.29, 1.82) is 5.26 Å². The molecule has 3 aromatic heterocycles. The number of thiophene rings is 1. The van der Waals surface area contributed by atoms with Crippen LogP contribution in [0.2, 0.25) is 0 Å². The van der Waals surface area contributed by atoms with Gasteiger partial charge in [0, 0.05) is 28.0 Å². The quantitative estimate of drug-likeness (QED) is 0.689. The largest absolute Gasteiger partial charge is 0.341 e. The number of nitrogens with zero attached hydrogens (tertiary/aromatic N) is 3. The number of hydrogen-bond acceptors (Lipinski definition) is 3. The van der Waals surface area contributed by atoms with E-state index in [0.717, 1.165) is 17.6 Å². The summed E-state index contributed by atoms with van der Waals surface area (Å²) in [4.78, 5) is 5.32. The molecule has 0 amide bonds. The van der Waals surface area contributed by atoms with Crippen LogP contribution in [0.3, 0.4) is 0 Å². The van der Waals surface area contributed by atoms with Crippen LogP contribution in [-0.4, -0.2) is 9.55 Å². The fourth-order valence-corrected chi connectivity index (χ4v) is 2.66. The molecule has 82 valence electrons. The van der Waals surface area contributed by atoms with Crippen LogP contribution >= 0.6 is 11.3 Å². The highest BCUT2D eigenvalue weighted by Crippen LogP contribution is 2.19. The zero-order valence-electron chi connectivity index (χ0n) is 9.00. The second kappa shape index (κ2) is 4.04. The smallest absolute Gasteiger partial charge is 0.100 e. The van der Waals surface area contributed by atoms with Crippen molar-refractivity contribution in [2.45, 2.75) is 6.54 Å². The van der Waals surface area contributed by atoms with Crippen molar-refractivity contribution >= 4 is 22.2 Å². The topological polar surface area (TPSA) is 41.6 Å². The molecule has 3 heterocycles. The van der Waals surface area contributed by atoms with E-state index in [-0.39, 0.29) is 0 Å². The molecule has 0 aliphatic heterocycles. The van der Waals surface area contributed by atoms with Crippen molar-refractivity contribution in [3.05, 3.63) is 52.6 Å². The van der Waals surface area contributed by atoms with E-state index in [4.69, 9.17) is 5.26 Å². The maximum absolute atomic E-state index is 8.79. The molecule has 0 saturated carbocycles. The molecule has 0 bridgehead atoms. The summed E-state index contributed by atoms with van der Waals surface area (Å²) < 4.78 is 2.15. The maximum Gasteiger partial charge on any atom is 0.100 e. The highest BCUT2D eigenvalue weighted by molar-refractivity contribution is 7.10. The zero-order valence-corrected chi connectivity index (χ0v) is 9.81. The first kappa shape index (κ1) is 10.1. The molecule has 0 atom stereocenters. The second-order valence-corrected chi connectivity index (χ2v) is 4.79. The highest BCUT2D eigenvalue weighted by atomic mass is 32.1. The molecule has 0 unspecified atom stereocenters. The lowest BCUT2D eigenvalue weighted by Gasteiger charge is -2.02. The standard InChI is InChI=1S/C13H9N3S/c14-6-10-5-12(17-9-10)8-16-4-2-11-1-3-15-7-13(11)16/h1-5,7,9H,8H2. The van der Waals surface area contributed by atoms with Crippen LogP contribution in [0.5, 0.6) is 0 Å². The van der Waals surface area contributed by atoms with Crippen LogP contribution in [0.25, 0.3) is 10.9 Å². The van der Waals surface area contributed by atoms with Crippen molar-refractivity contribution in [2.24, 2.45) is 0 Å². The van der Waals surface area contributed by atoms with Crippen LogP contribution in [-0.2, 0) is 6.54 Å². The molecule has 4 heteroatoms. The number of rotatable bonds is 2. The third-order valence-electron chi connectivity index (χ3n) is 2.69. The van der Waals surface area contributed by atoms with Gasteiger partial charge in [-0.2, -0.15) is 5.26 Å². The summed E-state index contributed by atoms with van der Waals surface area (Å²) in [6.07, 6.45) is 5.72. The van der Waals surface area contributed by atoms with Gasteiger partial charge in [-0.15, -0.1) is 11.3 Å². The normalized spacial score (nSPS) is 10.5. The van der Waals surface area contributed by atoms with Crippen molar-refractivity contribution in [2.75, 3.05) is 0 Å². The fraction of sp³-hybridized carbons (Fsp3) is 0.0769. The molecule has 17 heavy (non-hydrogen) atoms. The first-order valence-electron chi connectivity index (χ1n) is 5.23. The maximum atomic E-state index is 8.79. The number of aromatic nitrogens is 2. The Bertz CT molecular complexity index is 703. The Morgan fingerprint density at radius 2 is 2.35 bits per heavy atom. The molecule has 0 saturated heterocycles. The van der Waals surface area contributed by atoms with E-state index < -0.39 is 0 Å². The number of fused-ring (bicyclic) bond motifs is 1. The average Bonchev–Trinajstić information content (AvgIpc) is 2.97. The Kier molecular flexibility index (Phi) is 2.39. The molecule has 0 fully saturated rings. The Labute approximate surface area is 103 Å². The van der Waals surface area contributed by atoms with E-state index in [2.05, 4.69) is 27.9 Å². The van der Waals surface area contributed by atoms with Crippen LogP contribution in [0.4, 0.5) is 0 Å². The van der Waals surface area contributed by atoms with Gasteiger partial charge in [0.1, 0.15) is 6.07 Å². The molecule has 0 aliphatic carbocycles. The van der Waals surface area contributed by atoms with Crippen molar-refractivity contribution in [3.63, 3.8) is 0 Å². The lowest BCUT2D eigenvalue weighted by Crippen LogP contribution is -1.95. The van der Waals surface area contributed by atoms with Gasteiger partial charge in [0.15, 0.2) is 0 Å². The van der Waals surface area contributed by atoms with Gasteiger partial charge in [-0.05, 0) is 18.2 Å². The van der Waals surface area contributed by atoms with Crippen LogP contribution in [0, 0.1) is 11.3 Å². The van der Waals surface area contributed by atoms with Gasteiger partial charge in [-0.3, -0.25) is 4.98 Å². The molecular weight excluding hydrogens is 230 g/mol. The minimum atomic E-state index is 0.736. The van der Waals surface area contributed by atoms with Crippen molar-refractivity contribution in [3.8, 4) is 6.07 Å². The Hall–Kier alpha value is -2.12. The third kappa shape index (κ3) is 1.81. The van der Waals surface area contributed by atoms with Gasteiger partial charge in [0.2, 0.25) is 0 Å². The van der Waals surface area contributed by atoms with E-state index >= 15 is 0 Å². The van der Waals surface area contributed by atoms with E-state index in [0.29, 0.717) is 0 Å². The monoisotopic (exact) mass is 239 g/mol. The van der Waals surface area contributed by atoms with Crippen molar-refractivity contribution in [1.82, 2.24) is 9.55 Å². The van der Waals surface area contributed by atoms with Crippen LogP contribution < -0.4 is 0 Å². The minimum Gasteiger partial charge on any atom is -0.341 e. The first-order valence-corrected chi connectivity index (χ1v) is 6.11. The van der Waals surface area contributed by atoms with Gasteiger partial charge in [0.25, 0.3) is 0 Å². The van der Waals surface area contributed by atoms with Gasteiger partial charge in [-0.1, -0.05) is 0 Å². The molecule has 0 aliphatic rings. The summed E-state index contributed by atoms with van der Waals surface area (Å²) in [6.45, 7) is 0.793. The molecule has 3 nitrogen and oxygen atoms in total. The van der Waals surface area contributed by atoms with Gasteiger partial charge >= 0.3 is 0 Å². The van der Waals surface area contributed by atoms with E-state index in [1.807, 2.05) is 23.7 Å². The van der Waals surface area contributed by atoms with Crippen LogP contribution in [0.15, 0.2) is 42.2 Å².